The lowest BCUT2D eigenvalue weighted by Gasteiger charge is -2.07. The van der Waals surface area contributed by atoms with Crippen LogP contribution < -0.4 is 10.1 Å². The van der Waals surface area contributed by atoms with E-state index in [-0.39, 0.29) is 18.3 Å². The van der Waals surface area contributed by atoms with E-state index in [9.17, 15) is 4.79 Å². The number of para-hydroxylation sites is 1. The van der Waals surface area contributed by atoms with Gasteiger partial charge in [0.25, 0.3) is 5.91 Å². The molecule has 8 heteroatoms. The molecule has 0 aliphatic heterocycles. The highest BCUT2D eigenvalue weighted by Gasteiger charge is 2.15. The van der Waals surface area contributed by atoms with Gasteiger partial charge in [-0.2, -0.15) is 5.10 Å². The number of nitrogens with zero attached hydrogens (tertiary/aromatic N) is 4. The minimum absolute atomic E-state index is 0.239. The fraction of sp³-hybridized carbons (Fsp3) is 0.100. The molecule has 1 aromatic carbocycles. The number of aromatic nitrogens is 4. The number of carbonyl (C=O) groups excluding carboxylic acids is 1. The van der Waals surface area contributed by atoms with Crippen LogP contribution in [-0.2, 0) is 13.2 Å². The number of carbonyl (C=O) groups is 1. The monoisotopic (exact) mass is 375 g/mol. The van der Waals surface area contributed by atoms with Crippen molar-refractivity contribution >= 4 is 5.91 Å². The Morgan fingerprint density at radius 3 is 2.79 bits per heavy atom. The second kappa shape index (κ2) is 8.17. The first-order valence-corrected chi connectivity index (χ1v) is 8.62. The normalized spacial score (nSPS) is 10.6. The molecule has 0 atom stereocenters. The maximum absolute atomic E-state index is 12.5. The molecule has 4 rings (SSSR count). The lowest BCUT2D eigenvalue weighted by Crippen LogP contribution is -2.23. The molecule has 4 aromatic rings. The Kier molecular flexibility index (Phi) is 5.10. The fourth-order valence-corrected chi connectivity index (χ4v) is 2.57. The molecule has 0 unspecified atom stereocenters. The molecule has 3 aromatic heterocycles. The predicted octanol–water partition coefficient (Wildman–Crippen LogP) is 2.76. The van der Waals surface area contributed by atoms with Gasteiger partial charge >= 0.3 is 0 Å². The van der Waals surface area contributed by atoms with Crippen LogP contribution in [0.1, 0.15) is 21.7 Å². The Balaban J connectivity index is 1.35. The number of ether oxygens (including phenoxy) is 1. The summed E-state index contributed by atoms with van der Waals surface area (Å²) in [4.78, 5) is 20.7. The Hall–Kier alpha value is -3.94. The quantitative estimate of drug-likeness (QED) is 0.534. The maximum atomic E-state index is 12.5. The molecular formula is C20H17N5O3. The van der Waals surface area contributed by atoms with Crippen molar-refractivity contribution in [2.75, 3.05) is 0 Å². The van der Waals surface area contributed by atoms with Crippen molar-refractivity contribution in [2.45, 2.75) is 13.2 Å². The minimum Gasteiger partial charge on any atom is -0.489 e. The zero-order valence-electron chi connectivity index (χ0n) is 14.9. The summed E-state index contributed by atoms with van der Waals surface area (Å²) in [7, 11) is 0. The lowest BCUT2D eigenvalue weighted by molar-refractivity contribution is 0.0919. The molecule has 0 aliphatic rings. The van der Waals surface area contributed by atoms with Crippen LogP contribution in [0, 0.1) is 0 Å². The number of benzene rings is 1. The summed E-state index contributed by atoms with van der Waals surface area (Å²) in [6.45, 7) is 0.570. The van der Waals surface area contributed by atoms with Gasteiger partial charge in [-0.25, -0.2) is 14.6 Å². The summed E-state index contributed by atoms with van der Waals surface area (Å²) in [5.74, 6) is 1.31. The van der Waals surface area contributed by atoms with Gasteiger partial charge < -0.3 is 14.5 Å². The Morgan fingerprint density at radius 1 is 1.14 bits per heavy atom. The average molecular weight is 375 g/mol. The summed E-state index contributed by atoms with van der Waals surface area (Å²) in [6, 6.07) is 14.8. The van der Waals surface area contributed by atoms with Gasteiger partial charge in [-0.3, -0.25) is 4.79 Å². The van der Waals surface area contributed by atoms with Gasteiger partial charge in [-0.05, 0) is 29.8 Å². The first-order valence-electron chi connectivity index (χ1n) is 8.62. The first kappa shape index (κ1) is 17.5. The first-order chi connectivity index (χ1) is 13.8. The van der Waals surface area contributed by atoms with E-state index in [1.54, 1.807) is 23.3 Å². The number of pyridine rings is 1. The summed E-state index contributed by atoms with van der Waals surface area (Å²) in [5, 5.41) is 6.85. The van der Waals surface area contributed by atoms with Gasteiger partial charge in [-0.15, -0.1) is 0 Å². The number of furan rings is 1. The van der Waals surface area contributed by atoms with Gasteiger partial charge in [-0.1, -0.05) is 24.3 Å². The van der Waals surface area contributed by atoms with Crippen LogP contribution in [0.4, 0.5) is 0 Å². The topological polar surface area (TPSA) is 95.1 Å². The predicted molar refractivity (Wildman–Crippen MR) is 99.8 cm³/mol. The van der Waals surface area contributed by atoms with E-state index in [1.165, 1.54) is 12.6 Å². The smallest absolute Gasteiger partial charge is 0.287 e. The van der Waals surface area contributed by atoms with Gasteiger partial charge in [0, 0.05) is 18.3 Å². The summed E-state index contributed by atoms with van der Waals surface area (Å²) < 4.78 is 12.6. The van der Waals surface area contributed by atoms with Crippen molar-refractivity contribution in [3.63, 3.8) is 0 Å². The SMILES string of the molecule is O=C(NCc1ccc(-n2cncn2)nc1)c1occc1COc1ccccc1. The lowest BCUT2D eigenvalue weighted by atomic mass is 10.2. The van der Waals surface area contributed by atoms with Crippen LogP contribution in [-0.4, -0.2) is 25.7 Å². The second-order valence-corrected chi connectivity index (χ2v) is 5.92. The van der Waals surface area contributed by atoms with Crippen molar-refractivity contribution in [2.24, 2.45) is 0 Å². The molecule has 8 nitrogen and oxygen atoms in total. The highest BCUT2D eigenvalue weighted by Crippen LogP contribution is 2.16. The third-order valence-corrected chi connectivity index (χ3v) is 4.01. The van der Waals surface area contributed by atoms with Crippen LogP contribution in [0.25, 0.3) is 5.82 Å². The number of amides is 1. The molecule has 0 radical (unpaired) electrons. The van der Waals surface area contributed by atoms with E-state index in [0.29, 0.717) is 17.9 Å². The van der Waals surface area contributed by atoms with Crippen molar-refractivity contribution < 1.29 is 13.9 Å². The molecule has 140 valence electrons. The highest BCUT2D eigenvalue weighted by molar-refractivity contribution is 5.92. The summed E-state index contributed by atoms with van der Waals surface area (Å²) in [6.07, 6.45) is 6.17. The van der Waals surface area contributed by atoms with Crippen LogP contribution >= 0.6 is 0 Å². The van der Waals surface area contributed by atoms with E-state index < -0.39 is 0 Å². The van der Waals surface area contributed by atoms with Crippen molar-refractivity contribution in [3.05, 3.63) is 90.5 Å². The number of hydrogen-bond acceptors (Lipinski definition) is 6. The molecule has 3 heterocycles. The standard InChI is InChI=1S/C20H17N5O3/c26-20(19-16(8-9-27-19)12-28-17-4-2-1-3-5-17)23-11-15-6-7-18(22-10-15)25-14-21-13-24-25/h1-10,13-14H,11-12H2,(H,23,26). The minimum atomic E-state index is -0.308. The molecule has 0 fully saturated rings. The second-order valence-electron chi connectivity index (χ2n) is 5.92. The number of hydrogen-bond donors (Lipinski definition) is 1. The van der Waals surface area contributed by atoms with Gasteiger partial charge in [0.1, 0.15) is 25.0 Å². The molecular weight excluding hydrogens is 358 g/mol. The average Bonchev–Trinajstić information content (AvgIpc) is 3.44. The van der Waals surface area contributed by atoms with Gasteiger partial charge in [0.2, 0.25) is 0 Å². The van der Waals surface area contributed by atoms with Gasteiger partial charge in [0.15, 0.2) is 11.6 Å². The summed E-state index contributed by atoms with van der Waals surface area (Å²) in [5.41, 5.74) is 1.53. The molecule has 28 heavy (non-hydrogen) atoms. The number of nitrogens with one attached hydrogen (secondary N) is 1. The van der Waals surface area contributed by atoms with Crippen LogP contribution in [0.3, 0.4) is 0 Å². The van der Waals surface area contributed by atoms with Crippen LogP contribution in [0.15, 0.2) is 78.1 Å². The molecule has 0 saturated heterocycles. The van der Waals surface area contributed by atoms with E-state index >= 15 is 0 Å². The van der Waals surface area contributed by atoms with E-state index in [1.807, 2.05) is 42.5 Å². The third-order valence-electron chi connectivity index (χ3n) is 4.01. The zero-order valence-corrected chi connectivity index (χ0v) is 14.9. The molecule has 0 saturated carbocycles. The van der Waals surface area contributed by atoms with E-state index in [2.05, 4.69) is 20.4 Å². The van der Waals surface area contributed by atoms with E-state index in [0.717, 1.165) is 11.3 Å². The van der Waals surface area contributed by atoms with Crippen molar-refractivity contribution in [1.82, 2.24) is 25.1 Å². The van der Waals surface area contributed by atoms with Gasteiger partial charge in [0.05, 0.1) is 6.26 Å². The molecule has 0 aliphatic carbocycles. The molecule has 0 spiro atoms. The Morgan fingerprint density at radius 2 is 2.04 bits per heavy atom. The van der Waals surface area contributed by atoms with E-state index in [4.69, 9.17) is 9.15 Å². The molecule has 1 amide bonds. The zero-order chi connectivity index (χ0) is 19.2. The fourth-order valence-electron chi connectivity index (χ4n) is 2.57. The summed E-state index contributed by atoms with van der Waals surface area (Å²) >= 11 is 0. The Labute approximate surface area is 160 Å². The number of rotatable bonds is 7. The highest BCUT2D eigenvalue weighted by atomic mass is 16.5. The van der Waals surface area contributed by atoms with Crippen molar-refractivity contribution in [1.29, 1.82) is 0 Å². The maximum Gasteiger partial charge on any atom is 0.287 e. The van der Waals surface area contributed by atoms with Crippen LogP contribution in [0.2, 0.25) is 0 Å². The Bertz CT molecular complexity index is 1030. The van der Waals surface area contributed by atoms with Crippen molar-refractivity contribution in [3.8, 4) is 11.6 Å². The van der Waals surface area contributed by atoms with Crippen LogP contribution in [0.5, 0.6) is 5.75 Å². The molecule has 0 bridgehead atoms. The molecule has 1 N–H and O–H groups in total. The third kappa shape index (κ3) is 4.07. The largest absolute Gasteiger partial charge is 0.489 e.